The van der Waals surface area contributed by atoms with Gasteiger partial charge in [-0.3, -0.25) is 4.90 Å². The van der Waals surface area contributed by atoms with Gasteiger partial charge in [-0.1, -0.05) is 19.8 Å². The Labute approximate surface area is 113 Å². The molecule has 1 heterocycles. The molecule has 1 aliphatic heterocycles. The smallest absolute Gasteiger partial charge is 0.0224 e. The molecule has 1 N–H and O–H groups in total. The number of nitrogens with one attached hydrogen (secondary N) is 1. The number of hydrogen-bond donors (Lipinski definition) is 1. The minimum Gasteiger partial charge on any atom is -0.311 e. The molecule has 0 aromatic carbocycles. The highest BCUT2D eigenvalue weighted by Gasteiger charge is 2.36. The lowest BCUT2D eigenvalue weighted by Gasteiger charge is -2.41. The Morgan fingerprint density at radius 3 is 2.39 bits per heavy atom. The van der Waals surface area contributed by atoms with Crippen LogP contribution in [0, 0.1) is 17.8 Å². The van der Waals surface area contributed by atoms with E-state index in [2.05, 4.69) is 24.1 Å². The third-order valence-electron chi connectivity index (χ3n) is 5.55. The second-order valence-electron chi connectivity index (χ2n) is 7.28. The van der Waals surface area contributed by atoms with Gasteiger partial charge in [0.1, 0.15) is 0 Å². The summed E-state index contributed by atoms with van der Waals surface area (Å²) in [5, 5.41) is 3.76. The van der Waals surface area contributed by atoms with E-state index in [1.807, 2.05) is 0 Å². The Hall–Kier alpha value is -0.0800. The molecule has 0 spiro atoms. The SMILES string of the molecule is CC1CCC(CN2CC(C3CC3)NCC2C)CC1. The van der Waals surface area contributed by atoms with E-state index < -0.39 is 0 Å². The Morgan fingerprint density at radius 1 is 1.00 bits per heavy atom. The summed E-state index contributed by atoms with van der Waals surface area (Å²) in [4.78, 5) is 2.79. The minimum absolute atomic E-state index is 0.749. The predicted molar refractivity (Wildman–Crippen MR) is 76.7 cm³/mol. The number of piperazine rings is 1. The molecular formula is C16H30N2. The van der Waals surface area contributed by atoms with Crippen LogP contribution in [0.4, 0.5) is 0 Å². The topological polar surface area (TPSA) is 15.3 Å². The quantitative estimate of drug-likeness (QED) is 0.828. The molecular weight excluding hydrogens is 220 g/mol. The van der Waals surface area contributed by atoms with Crippen molar-refractivity contribution in [1.29, 1.82) is 0 Å². The molecule has 0 bridgehead atoms. The largest absolute Gasteiger partial charge is 0.311 e. The van der Waals surface area contributed by atoms with Gasteiger partial charge >= 0.3 is 0 Å². The van der Waals surface area contributed by atoms with Gasteiger partial charge in [0.2, 0.25) is 0 Å². The summed E-state index contributed by atoms with van der Waals surface area (Å²) in [6, 6.07) is 1.56. The fraction of sp³-hybridized carbons (Fsp3) is 1.00. The van der Waals surface area contributed by atoms with E-state index >= 15 is 0 Å². The highest BCUT2D eigenvalue weighted by molar-refractivity contribution is 4.94. The maximum absolute atomic E-state index is 3.76. The summed E-state index contributed by atoms with van der Waals surface area (Å²) in [7, 11) is 0. The lowest BCUT2D eigenvalue weighted by Crippen LogP contribution is -2.57. The molecule has 18 heavy (non-hydrogen) atoms. The van der Waals surface area contributed by atoms with Crippen molar-refractivity contribution in [3.8, 4) is 0 Å². The van der Waals surface area contributed by atoms with Crippen LogP contribution in [0.25, 0.3) is 0 Å². The molecule has 2 atom stereocenters. The third kappa shape index (κ3) is 3.08. The molecule has 2 heteroatoms. The second kappa shape index (κ2) is 5.50. The zero-order valence-corrected chi connectivity index (χ0v) is 12.2. The van der Waals surface area contributed by atoms with Gasteiger partial charge in [-0.05, 0) is 50.4 Å². The summed E-state index contributed by atoms with van der Waals surface area (Å²) >= 11 is 0. The van der Waals surface area contributed by atoms with E-state index in [-0.39, 0.29) is 0 Å². The lowest BCUT2D eigenvalue weighted by molar-refractivity contribution is 0.0979. The average Bonchev–Trinajstić information content (AvgIpc) is 3.19. The molecule has 1 saturated heterocycles. The second-order valence-corrected chi connectivity index (χ2v) is 7.28. The molecule has 0 aromatic heterocycles. The first-order chi connectivity index (χ1) is 8.72. The predicted octanol–water partition coefficient (Wildman–Crippen LogP) is 2.89. The van der Waals surface area contributed by atoms with Crippen molar-refractivity contribution in [3.63, 3.8) is 0 Å². The summed E-state index contributed by atoms with van der Waals surface area (Å²) in [5.74, 6) is 2.98. The monoisotopic (exact) mass is 250 g/mol. The molecule has 3 rings (SSSR count). The van der Waals surface area contributed by atoms with Gasteiger partial charge in [-0.15, -0.1) is 0 Å². The normalized spacial score (nSPS) is 43.0. The standard InChI is InChI=1S/C16H30N2/c1-12-3-5-14(6-4-12)10-18-11-16(15-7-8-15)17-9-13(18)2/h12-17H,3-11H2,1-2H3. The first-order valence-electron chi connectivity index (χ1n) is 8.20. The van der Waals surface area contributed by atoms with Gasteiger partial charge in [-0.25, -0.2) is 0 Å². The van der Waals surface area contributed by atoms with Crippen LogP contribution in [0.2, 0.25) is 0 Å². The fourth-order valence-corrected chi connectivity index (χ4v) is 3.86. The third-order valence-corrected chi connectivity index (χ3v) is 5.55. The van der Waals surface area contributed by atoms with Crippen LogP contribution in [-0.2, 0) is 0 Å². The molecule has 3 fully saturated rings. The molecule has 0 amide bonds. The maximum Gasteiger partial charge on any atom is 0.0224 e. The van der Waals surface area contributed by atoms with Gasteiger partial charge in [0.05, 0.1) is 0 Å². The van der Waals surface area contributed by atoms with E-state index in [4.69, 9.17) is 0 Å². The lowest BCUT2D eigenvalue weighted by atomic mass is 9.82. The van der Waals surface area contributed by atoms with Gasteiger partial charge in [0.25, 0.3) is 0 Å². The van der Waals surface area contributed by atoms with Crippen molar-refractivity contribution in [2.24, 2.45) is 17.8 Å². The van der Waals surface area contributed by atoms with Crippen molar-refractivity contribution >= 4 is 0 Å². The summed E-state index contributed by atoms with van der Waals surface area (Å²) in [6.45, 7) is 8.73. The molecule has 0 aromatic rings. The van der Waals surface area contributed by atoms with Crippen molar-refractivity contribution < 1.29 is 0 Å². The Balaban J connectivity index is 1.50. The minimum atomic E-state index is 0.749. The Morgan fingerprint density at radius 2 is 1.72 bits per heavy atom. The molecule has 2 saturated carbocycles. The van der Waals surface area contributed by atoms with E-state index in [0.29, 0.717) is 0 Å². The number of hydrogen-bond acceptors (Lipinski definition) is 2. The van der Waals surface area contributed by atoms with Crippen LogP contribution in [0.1, 0.15) is 52.4 Å². The maximum atomic E-state index is 3.76. The molecule has 104 valence electrons. The summed E-state index contributed by atoms with van der Waals surface area (Å²) in [6.07, 6.45) is 8.84. The summed E-state index contributed by atoms with van der Waals surface area (Å²) < 4.78 is 0. The zero-order chi connectivity index (χ0) is 12.5. The van der Waals surface area contributed by atoms with Crippen LogP contribution in [0.5, 0.6) is 0 Å². The number of rotatable bonds is 3. The zero-order valence-electron chi connectivity index (χ0n) is 12.2. The molecule has 2 nitrogen and oxygen atoms in total. The number of nitrogens with zero attached hydrogens (tertiary/aromatic N) is 1. The van der Waals surface area contributed by atoms with Gasteiger partial charge in [0, 0.05) is 31.7 Å². The molecule has 3 aliphatic rings. The Kier molecular flexibility index (Phi) is 3.95. The van der Waals surface area contributed by atoms with Crippen LogP contribution >= 0.6 is 0 Å². The highest BCUT2D eigenvalue weighted by Crippen LogP contribution is 2.35. The van der Waals surface area contributed by atoms with Crippen molar-refractivity contribution in [3.05, 3.63) is 0 Å². The van der Waals surface area contributed by atoms with Crippen molar-refractivity contribution in [2.45, 2.75) is 64.5 Å². The van der Waals surface area contributed by atoms with Crippen LogP contribution < -0.4 is 5.32 Å². The van der Waals surface area contributed by atoms with Gasteiger partial charge in [0.15, 0.2) is 0 Å². The van der Waals surface area contributed by atoms with Crippen molar-refractivity contribution in [2.75, 3.05) is 19.6 Å². The molecule has 2 aliphatic carbocycles. The van der Waals surface area contributed by atoms with E-state index in [1.165, 1.54) is 58.2 Å². The van der Waals surface area contributed by atoms with Crippen LogP contribution in [-0.4, -0.2) is 36.6 Å². The van der Waals surface area contributed by atoms with Crippen LogP contribution in [0.3, 0.4) is 0 Å². The van der Waals surface area contributed by atoms with Gasteiger partial charge < -0.3 is 5.32 Å². The fourth-order valence-electron chi connectivity index (χ4n) is 3.86. The van der Waals surface area contributed by atoms with E-state index in [1.54, 1.807) is 0 Å². The summed E-state index contributed by atoms with van der Waals surface area (Å²) in [5.41, 5.74) is 0. The van der Waals surface area contributed by atoms with Crippen LogP contribution in [0.15, 0.2) is 0 Å². The first kappa shape index (κ1) is 12.9. The molecule has 2 unspecified atom stereocenters. The van der Waals surface area contributed by atoms with E-state index in [9.17, 15) is 0 Å². The molecule has 0 radical (unpaired) electrons. The highest BCUT2D eigenvalue weighted by atomic mass is 15.2. The average molecular weight is 250 g/mol. The Bertz CT molecular complexity index is 266. The first-order valence-corrected chi connectivity index (χ1v) is 8.20. The van der Waals surface area contributed by atoms with E-state index in [0.717, 1.165) is 29.8 Å². The van der Waals surface area contributed by atoms with Crippen molar-refractivity contribution in [1.82, 2.24) is 10.2 Å². The van der Waals surface area contributed by atoms with Gasteiger partial charge in [-0.2, -0.15) is 0 Å².